The Hall–Kier alpha value is -3.31. The zero-order valence-corrected chi connectivity index (χ0v) is 22.5. The maximum atomic E-state index is 9.75. The van der Waals surface area contributed by atoms with E-state index >= 15 is 0 Å². The number of aryl methyl sites for hydroxylation is 1. The van der Waals surface area contributed by atoms with Crippen molar-refractivity contribution in [2.24, 2.45) is 0 Å². The SMILES string of the molecule is CCn1c(-c2ccccc2)cc2ccccc21.F[B-](F)(F)F.F[B-](F)(F)F.F[B-](F)(F)F.F[B-](F)(F)F.F[B-](F)(F)F.F[B-](F)(F)F. The van der Waals surface area contributed by atoms with Crippen molar-refractivity contribution >= 4 is 54.4 Å². The molecular weight excluding hydrogens is 727 g/mol. The summed E-state index contributed by atoms with van der Waals surface area (Å²) in [5.41, 5.74) is 3.90. The summed E-state index contributed by atoms with van der Waals surface area (Å²) >= 11 is 0. The Kier molecular flexibility index (Phi) is 23.2. The zero-order valence-electron chi connectivity index (χ0n) is 22.5. The predicted molar refractivity (Wildman–Crippen MR) is 134 cm³/mol. The van der Waals surface area contributed by atoms with Gasteiger partial charge in [-0.15, -0.1) is 0 Å². The normalized spacial score (nSPS) is 11.6. The van der Waals surface area contributed by atoms with Gasteiger partial charge in [0, 0.05) is 23.1 Å². The Morgan fingerprint density at radius 2 is 0.660 bits per heavy atom. The second-order valence-electron chi connectivity index (χ2n) is 7.17. The zero-order chi connectivity index (χ0) is 38.7. The van der Waals surface area contributed by atoms with Crippen LogP contribution in [0, 0.1) is 0 Å². The van der Waals surface area contributed by atoms with Gasteiger partial charge in [-0.2, -0.15) is 0 Å². The maximum absolute atomic E-state index is 9.75. The quantitative estimate of drug-likeness (QED) is 0.182. The lowest BCUT2D eigenvalue weighted by Gasteiger charge is -2.07. The number of aromatic nitrogens is 1. The van der Waals surface area contributed by atoms with E-state index in [9.17, 15) is 104 Å². The molecule has 0 saturated heterocycles. The second kappa shape index (κ2) is 21.5. The molecule has 0 amide bonds. The molecule has 1 nitrogen and oxygen atoms in total. The van der Waals surface area contributed by atoms with E-state index < -0.39 is 43.5 Å². The van der Waals surface area contributed by atoms with Crippen LogP contribution in [0.5, 0.6) is 0 Å². The average Bonchev–Trinajstić information content (AvgIpc) is 3.11. The van der Waals surface area contributed by atoms with E-state index in [1.807, 2.05) is 0 Å². The third-order valence-corrected chi connectivity index (χ3v) is 3.20. The molecule has 276 valence electrons. The van der Waals surface area contributed by atoms with Crippen LogP contribution in [0.4, 0.5) is 104 Å². The third-order valence-electron chi connectivity index (χ3n) is 3.20. The highest BCUT2D eigenvalue weighted by Crippen LogP contribution is 2.27. The molecule has 0 saturated carbocycles. The van der Waals surface area contributed by atoms with Gasteiger partial charge in [-0.25, -0.2) is 0 Å². The van der Waals surface area contributed by atoms with Gasteiger partial charge < -0.3 is 108 Å². The summed E-state index contributed by atoms with van der Waals surface area (Å²) in [7, 11) is -36.0. The summed E-state index contributed by atoms with van der Waals surface area (Å²) in [6.45, 7) is 3.19. The molecule has 0 unspecified atom stereocenters. The van der Waals surface area contributed by atoms with Crippen LogP contribution in [0.1, 0.15) is 6.92 Å². The van der Waals surface area contributed by atoms with Crippen molar-refractivity contribution in [1.82, 2.24) is 4.57 Å². The van der Waals surface area contributed by atoms with Gasteiger partial charge in [-0.05, 0) is 24.6 Å². The number of fused-ring (bicyclic) bond motifs is 1. The van der Waals surface area contributed by atoms with E-state index in [1.165, 1.54) is 22.2 Å². The van der Waals surface area contributed by atoms with Crippen molar-refractivity contribution < 1.29 is 104 Å². The van der Waals surface area contributed by atoms with Crippen LogP contribution in [0.3, 0.4) is 0 Å². The molecule has 0 atom stereocenters. The van der Waals surface area contributed by atoms with E-state index in [2.05, 4.69) is 72.2 Å². The largest absolute Gasteiger partial charge is 0.673 e. The van der Waals surface area contributed by atoms with Gasteiger partial charge >= 0.3 is 43.5 Å². The smallest absolute Gasteiger partial charge is 0.418 e. The Labute approximate surface area is 248 Å². The van der Waals surface area contributed by atoms with Gasteiger partial charge in [0.15, 0.2) is 0 Å². The van der Waals surface area contributed by atoms with Crippen LogP contribution in [0.2, 0.25) is 0 Å². The first kappa shape index (κ1) is 50.5. The minimum Gasteiger partial charge on any atom is -0.418 e. The number of rotatable bonds is 2. The van der Waals surface area contributed by atoms with Crippen molar-refractivity contribution in [3.63, 3.8) is 0 Å². The van der Waals surface area contributed by atoms with Crippen molar-refractivity contribution in [3.05, 3.63) is 60.7 Å². The average molecular weight is 742 g/mol. The van der Waals surface area contributed by atoms with Gasteiger partial charge in [0.1, 0.15) is 0 Å². The molecule has 3 aromatic rings. The lowest BCUT2D eigenvalue weighted by molar-refractivity contribution is 0.366. The molecule has 0 fully saturated rings. The molecule has 0 bridgehead atoms. The van der Waals surface area contributed by atoms with Crippen LogP contribution in [0.15, 0.2) is 60.7 Å². The number of hydrogen-bond donors (Lipinski definition) is 0. The first-order valence-corrected chi connectivity index (χ1v) is 11.3. The highest BCUT2D eigenvalue weighted by molar-refractivity contribution is 6.51. The molecule has 3 rings (SSSR count). The van der Waals surface area contributed by atoms with Crippen molar-refractivity contribution in [3.8, 4) is 11.3 Å². The van der Waals surface area contributed by atoms with Crippen LogP contribution < -0.4 is 0 Å². The summed E-state index contributed by atoms with van der Waals surface area (Å²) in [6, 6.07) is 21.4. The summed E-state index contributed by atoms with van der Waals surface area (Å²) in [5.74, 6) is 0. The maximum Gasteiger partial charge on any atom is 0.673 e. The lowest BCUT2D eigenvalue weighted by atomic mass is 10.1. The van der Waals surface area contributed by atoms with E-state index in [1.54, 1.807) is 0 Å². The summed E-state index contributed by atoms with van der Waals surface area (Å²) in [4.78, 5) is 0. The summed E-state index contributed by atoms with van der Waals surface area (Å²) in [6.07, 6.45) is 0. The number of hydrogen-bond acceptors (Lipinski definition) is 0. The van der Waals surface area contributed by atoms with Crippen LogP contribution >= 0.6 is 0 Å². The summed E-state index contributed by atoms with van der Waals surface area (Å²) < 4.78 is 236. The van der Waals surface area contributed by atoms with Crippen LogP contribution in [0.25, 0.3) is 22.2 Å². The molecule has 0 aliphatic heterocycles. The minimum atomic E-state index is -6.00. The standard InChI is InChI=1S/C16H15N.6BF4/c1-2-17-15-11-7-6-10-14(15)12-16(17)13-8-4-3-5-9-13;6*2-1(3,4)5/h3-12H,2H2,1H3;;;;;;/q;6*-1. The predicted octanol–water partition coefficient (Wildman–Crippen LogP) is 12.1. The molecule has 31 heteroatoms. The highest BCUT2D eigenvalue weighted by Gasteiger charge is 2.22. The topological polar surface area (TPSA) is 4.93 Å². The fourth-order valence-electron chi connectivity index (χ4n) is 2.40. The number of benzene rings is 2. The van der Waals surface area contributed by atoms with E-state index in [0.29, 0.717) is 0 Å². The van der Waals surface area contributed by atoms with E-state index in [0.717, 1.165) is 6.54 Å². The summed E-state index contributed by atoms with van der Waals surface area (Å²) in [5, 5.41) is 1.31. The van der Waals surface area contributed by atoms with Gasteiger partial charge in [-0.1, -0.05) is 48.5 Å². The molecule has 1 heterocycles. The van der Waals surface area contributed by atoms with Gasteiger partial charge in [-0.3, -0.25) is 0 Å². The number of para-hydroxylation sites is 1. The first-order valence-electron chi connectivity index (χ1n) is 11.3. The van der Waals surface area contributed by atoms with Gasteiger partial charge in [0.05, 0.1) is 0 Å². The number of halogens is 24. The van der Waals surface area contributed by atoms with Crippen molar-refractivity contribution in [2.45, 2.75) is 13.5 Å². The first-order chi connectivity index (χ1) is 20.4. The highest BCUT2D eigenvalue weighted by atomic mass is 19.5. The monoisotopic (exact) mass is 743 g/mol. The Balaban J connectivity index is -0.000000259. The fourth-order valence-corrected chi connectivity index (χ4v) is 2.40. The Morgan fingerprint density at radius 1 is 0.404 bits per heavy atom. The molecule has 0 radical (unpaired) electrons. The van der Waals surface area contributed by atoms with E-state index in [4.69, 9.17) is 0 Å². The fraction of sp³-hybridized carbons (Fsp3) is 0.125. The molecule has 0 aliphatic rings. The molecular formula is C16H15B6F24N-6. The second-order valence-corrected chi connectivity index (χ2v) is 7.17. The van der Waals surface area contributed by atoms with Gasteiger partial charge in [0.2, 0.25) is 0 Å². The van der Waals surface area contributed by atoms with Crippen LogP contribution in [-0.4, -0.2) is 48.1 Å². The van der Waals surface area contributed by atoms with Crippen molar-refractivity contribution in [1.29, 1.82) is 0 Å². The molecule has 0 aliphatic carbocycles. The molecule has 1 aromatic heterocycles. The van der Waals surface area contributed by atoms with E-state index in [-0.39, 0.29) is 0 Å². The molecule has 47 heavy (non-hydrogen) atoms. The lowest BCUT2D eigenvalue weighted by Crippen LogP contribution is -2.02. The molecule has 0 N–H and O–H groups in total. The number of nitrogens with zero attached hydrogens (tertiary/aromatic N) is 1. The molecule has 2 aromatic carbocycles. The van der Waals surface area contributed by atoms with Crippen LogP contribution in [-0.2, 0) is 6.54 Å². The van der Waals surface area contributed by atoms with Crippen molar-refractivity contribution in [2.75, 3.05) is 0 Å². The minimum absolute atomic E-state index is 0.998. The van der Waals surface area contributed by atoms with Gasteiger partial charge in [0.25, 0.3) is 0 Å². The third kappa shape index (κ3) is 62.3. The Bertz CT molecular complexity index is 1070. The molecule has 0 spiro atoms. The Morgan fingerprint density at radius 3 is 0.936 bits per heavy atom.